The smallest absolute Gasteiger partial charge is 0.418 e. The third kappa shape index (κ3) is 6.59. The van der Waals surface area contributed by atoms with Crippen molar-refractivity contribution in [1.82, 2.24) is 0 Å². The highest BCUT2D eigenvalue weighted by atomic mass is 19.5. The van der Waals surface area contributed by atoms with Gasteiger partial charge in [-0.1, -0.05) is 0 Å². The van der Waals surface area contributed by atoms with Crippen LogP contribution < -0.4 is 19.1 Å². The lowest BCUT2D eigenvalue weighted by molar-refractivity contribution is -0.885. The van der Waals surface area contributed by atoms with Crippen LogP contribution in [0.3, 0.4) is 0 Å². The van der Waals surface area contributed by atoms with E-state index < -0.39 is 7.25 Å². The summed E-state index contributed by atoms with van der Waals surface area (Å²) in [5.74, 6) is 0. The van der Waals surface area contributed by atoms with Crippen molar-refractivity contribution in [3.05, 3.63) is 49.1 Å². The third-order valence-corrected chi connectivity index (χ3v) is 2.36. The van der Waals surface area contributed by atoms with Crippen molar-refractivity contribution in [2.45, 2.75) is 0 Å². The van der Waals surface area contributed by atoms with Crippen LogP contribution in [0.2, 0.25) is 0 Å². The molecule has 0 aliphatic rings. The largest absolute Gasteiger partial charge is 0.673 e. The minimum atomic E-state index is -6.00. The molecule has 2 heterocycles. The molecule has 0 spiro atoms. The van der Waals surface area contributed by atoms with Crippen LogP contribution in [-0.2, 0) is 0 Å². The summed E-state index contributed by atoms with van der Waals surface area (Å²) in [4.78, 5) is 10.1. The van der Waals surface area contributed by atoms with Gasteiger partial charge in [0.15, 0.2) is 0 Å². The molecule has 0 saturated carbocycles. The van der Waals surface area contributed by atoms with Gasteiger partial charge in [0, 0.05) is 33.7 Å². The van der Waals surface area contributed by atoms with Gasteiger partial charge in [-0.2, -0.15) is 0 Å². The first kappa shape index (κ1) is 16.7. The Balaban J connectivity index is 0.000000383. The Morgan fingerprint density at radius 3 is 1.14 bits per heavy atom. The van der Waals surface area contributed by atoms with Crippen LogP contribution in [0.5, 0.6) is 0 Å². The lowest BCUT2D eigenvalue weighted by Gasteiger charge is -1.98. The molecule has 0 bridgehead atoms. The number of halogens is 4. The first-order valence-electron chi connectivity index (χ1n) is 5.83. The summed E-state index contributed by atoms with van der Waals surface area (Å²) in [7, 11) is -2.74. The zero-order chi connectivity index (χ0) is 15.9. The lowest BCUT2D eigenvalue weighted by atomic mass is 10.1. The minimum absolute atomic E-state index is 1.14. The maximum Gasteiger partial charge on any atom is 0.673 e. The molecule has 0 amide bonds. The van der Waals surface area contributed by atoms with Gasteiger partial charge in [0.05, 0.1) is 0 Å². The van der Waals surface area contributed by atoms with Crippen LogP contribution in [0.15, 0.2) is 49.1 Å². The zero-order valence-corrected chi connectivity index (χ0v) is 11.4. The fourth-order valence-corrected chi connectivity index (χ4v) is 1.45. The Morgan fingerprint density at radius 1 is 0.714 bits per heavy atom. The molecule has 2 aromatic rings. The molecule has 0 N–H and O–H groups in total. The van der Waals surface area contributed by atoms with E-state index in [2.05, 4.69) is 0 Å². The first-order valence-corrected chi connectivity index (χ1v) is 5.83. The second-order valence-corrected chi connectivity index (χ2v) is 3.75. The second-order valence-electron chi connectivity index (χ2n) is 3.75. The van der Waals surface area contributed by atoms with E-state index in [0.29, 0.717) is 0 Å². The summed E-state index contributed by atoms with van der Waals surface area (Å²) in [5.41, 5.74) is 2.27. The maximum absolute atomic E-state index is 9.75. The monoisotopic (exact) mass is 305 g/mol. The van der Waals surface area contributed by atoms with Gasteiger partial charge >= 0.3 is 7.25 Å². The van der Waals surface area contributed by atoms with Crippen molar-refractivity contribution in [3.63, 3.8) is 0 Å². The molecule has 0 aliphatic heterocycles. The van der Waals surface area contributed by atoms with E-state index in [4.69, 9.17) is 9.68 Å². The average Bonchev–Trinajstić information content (AvgIpc) is 2.46. The average molecular weight is 305 g/mol. The number of rotatable bonds is 3. The molecule has 2 aromatic heterocycles. The van der Waals surface area contributed by atoms with E-state index in [1.165, 1.54) is 0 Å². The molecule has 0 fully saturated rings. The Kier molecular flexibility index (Phi) is 5.95. The summed E-state index contributed by atoms with van der Waals surface area (Å²) in [6.07, 6.45) is 7.47. The van der Waals surface area contributed by atoms with Gasteiger partial charge in [-0.15, -0.1) is 0 Å². The van der Waals surface area contributed by atoms with Crippen molar-refractivity contribution in [2.24, 2.45) is 0 Å². The molecule has 0 atom stereocenters. The van der Waals surface area contributed by atoms with Crippen LogP contribution in [0.1, 0.15) is 0 Å². The molecule has 9 heteroatoms. The number of hydrogen-bond donors (Lipinski definition) is 0. The van der Waals surface area contributed by atoms with Gasteiger partial charge < -0.3 is 17.3 Å². The number of pyridine rings is 2. The summed E-state index contributed by atoms with van der Waals surface area (Å²) in [5, 5.41) is 0. The van der Waals surface area contributed by atoms with Crippen LogP contribution >= 0.6 is 0 Å². The third-order valence-electron chi connectivity index (χ3n) is 2.36. The highest BCUT2D eigenvalue weighted by Gasteiger charge is 2.20. The van der Waals surface area contributed by atoms with Gasteiger partial charge in [0.25, 0.3) is 0 Å². The Morgan fingerprint density at radius 2 is 0.952 bits per heavy atom. The van der Waals surface area contributed by atoms with Crippen LogP contribution in [0.25, 0.3) is 11.1 Å². The standard InChI is InChI=1S/C12H14N2O2.BF4/c1-15-13-7-3-11(4-8-13)12-5-9-14(16-2)10-6-12;2-1(3,4)5/h3-10H,1-2H3;/q+2;-1. The molecular formula is C12H14BF4N2O2+. The summed E-state index contributed by atoms with van der Waals surface area (Å²) in [6.45, 7) is 0. The molecule has 0 unspecified atom stereocenters. The fraction of sp³-hybridized carbons (Fsp3) is 0.167. The lowest BCUT2D eigenvalue weighted by Crippen LogP contribution is -2.39. The molecule has 4 nitrogen and oxygen atoms in total. The number of hydrogen-bond acceptors (Lipinski definition) is 2. The van der Waals surface area contributed by atoms with Crippen molar-refractivity contribution >= 4 is 7.25 Å². The highest BCUT2D eigenvalue weighted by Crippen LogP contribution is 2.15. The van der Waals surface area contributed by atoms with Crippen molar-refractivity contribution in [3.8, 4) is 11.1 Å². The van der Waals surface area contributed by atoms with E-state index in [1.54, 1.807) is 23.7 Å². The Labute approximate surface area is 119 Å². The quantitative estimate of drug-likeness (QED) is 0.486. The van der Waals surface area contributed by atoms with Crippen molar-refractivity contribution in [1.29, 1.82) is 0 Å². The zero-order valence-electron chi connectivity index (χ0n) is 11.4. The minimum Gasteiger partial charge on any atom is -0.418 e. The Hall–Kier alpha value is -2.32. The molecular weight excluding hydrogens is 291 g/mol. The predicted octanol–water partition coefficient (Wildman–Crippen LogP) is 1.35. The van der Waals surface area contributed by atoms with Crippen molar-refractivity contribution < 1.29 is 36.4 Å². The van der Waals surface area contributed by atoms with E-state index in [9.17, 15) is 17.3 Å². The van der Waals surface area contributed by atoms with E-state index in [0.717, 1.165) is 11.1 Å². The summed E-state index contributed by atoms with van der Waals surface area (Å²) >= 11 is 0. The van der Waals surface area contributed by atoms with Gasteiger partial charge in [0.2, 0.25) is 24.8 Å². The molecule has 2 rings (SSSR count). The molecule has 0 aliphatic carbocycles. The summed E-state index contributed by atoms with van der Waals surface area (Å²) < 4.78 is 42.3. The maximum atomic E-state index is 9.75. The van der Waals surface area contributed by atoms with E-state index in [1.807, 2.05) is 49.1 Å². The van der Waals surface area contributed by atoms with Gasteiger partial charge in [-0.25, -0.2) is 0 Å². The second kappa shape index (κ2) is 7.46. The molecule has 0 saturated heterocycles. The topological polar surface area (TPSA) is 26.2 Å². The fourth-order valence-electron chi connectivity index (χ4n) is 1.45. The molecule has 114 valence electrons. The predicted molar refractivity (Wildman–Crippen MR) is 67.5 cm³/mol. The highest BCUT2D eigenvalue weighted by molar-refractivity contribution is 6.50. The van der Waals surface area contributed by atoms with Crippen molar-refractivity contribution in [2.75, 3.05) is 14.2 Å². The Bertz CT molecular complexity index is 495. The molecule has 21 heavy (non-hydrogen) atoms. The number of nitrogens with zero attached hydrogens (tertiary/aromatic N) is 2. The van der Waals surface area contributed by atoms with Crippen LogP contribution in [-0.4, -0.2) is 21.5 Å². The van der Waals surface area contributed by atoms with Gasteiger partial charge in [-0.3, -0.25) is 9.68 Å². The van der Waals surface area contributed by atoms with Crippen LogP contribution in [0, 0.1) is 0 Å². The van der Waals surface area contributed by atoms with Gasteiger partial charge in [-0.05, 0) is 11.1 Å². The SMILES string of the molecule is CO[n+]1ccc(-c2cc[n+](OC)cc2)cc1.F[B-](F)(F)F. The molecule has 0 radical (unpaired) electrons. The van der Waals surface area contributed by atoms with Crippen LogP contribution in [0.4, 0.5) is 17.3 Å². The number of aromatic nitrogens is 2. The first-order chi connectivity index (χ1) is 9.83. The van der Waals surface area contributed by atoms with E-state index >= 15 is 0 Å². The van der Waals surface area contributed by atoms with Gasteiger partial charge in [0.1, 0.15) is 14.2 Å². The summed E-state index contributed by atoms with van der Waals surface area (Å²) in [6, 6.07) is 7.98. The van der Waals surface area contributed by atoms with E-state index in [-0.39, 0.29) is 0 Å². The normalized spacial score (nSPS) is 10.4. The molecule has 0 aromatic carbocycles.